The van der Waals surface area contributed by atoms with Gasteiger partial charge in [0.15, 0.2) is 0 Å². The van der Waals surface area contributed by atoms with Gasteiger partial charge in [0, 0.05) is 13.0 Å². The van der Waals surface area contributed by atoms with Crippen LogP contribution in [0.25, 0.3) is 0 Å². The van der Waals surface area contributed by atoms with Gasteiger partial charge in [0.25, 0.3) is 0 Å². The summed E-state index contributed by atoms with van der Waals surface area (Å²) in [4.78, 5) is 22.5. The highest BCUT2D eigenvalue weighted by Gasteiger charge is 2.20. The molecule has 0 saturated carbocycles. The van der Waals surface area contributed by atoms with Gasteiger partial charge in [0.2, 0.25) is 0 Å². The Morgan fingerprint density at radius 1 is 1.26 bits per heavy atom. The van der Waals surface area contributed by atoms with Gasteiger partial charge >= 0.3 is 12.0 Å². The molecule has 0 heterocycles. The van der Waals surface area contributed by atoms with Crippen LogP contribution in [0.3, 0.4) is 0 Å². The van der Waals surface area contributed by atoms with Crippen molar-refractivity contribution in [3.63, 3.8) is 0 Å². The molecule has 0 saturated heterocycles. The predicted octanol–water partition coefficient (Wildman–Crippen LogP) is 0.362. The number of amides is 2. The second-order valence-corrected chi connectivity index (χ2v) is 4.28. The Balaban J connectivity index is 2.54. The van der Waals surface area contributed by atoms with Crippen molar-refractivity contribution in [3.05, 3.63) is 35.9 Å². The third-order valence-corrected chi connectivity index (χ3v) is 2.44. The number of carboxylic acids is 1. The van der Waals surface area contributed by atoms with E-state index >= 15 is 0 Å². The third kappa shape index (κ3) is 5.87. The smallest absolute Gasteiger partial charge is 0.326 e. The highest BCUT2D eigenvalue weighted by atomic mass is 16.4. The molecule has 0 bridgehead atoms. The first kappa shape index (κ1) is 15.0. The fraction of sp³-hybridized carbons (Fsp3) is 0.385. The normalized spacial score (nSPS) is 13.4. The lowest BCUT2D eigenvalue weighted by atomic mass is 10.1. The molecule has 0 aromatic heterocycles. The lowest BCUT2D eigenvalue weighted by Crippen LogP contribution is -2.48. The first-order chi connectivity index (χ1) is 8.99. The van der Waals surface area contributed by atoms with Crippen molar-refractivity contribution in [3.8, 4) is 0 Å². The highest BCUT2D eigenvalue weighted by Crippen LogP contribution is 2.03. The van der Waals surface area contributed by atoms with Crippen LogP contribution in [0.5, 0.6) is 0 Å². The Bertz CT molecular complexity index is 420. The molecular weight excluding hydrogens is 248 g/mol. The fourth-order valence-corrected chi connectivity index (χ4v) is 1.50. The molecule has 0 aliphatic rings. The average Bonchev–Trinajstić information content (AvgIpc) is 2.36. The molecule has 2 amide bonds. The van der Waals surface area contributed by atoms with Gasteiger partial charge in [-0.2, -0.15) is 0 Å². The van der Waals surface area contributed by atoms with Crippen LogP contribution in [0.2, 0.25) is 0 Å². The summed E-state index contributed by atoms with van der Waals surface area (Å²) in [5, 5.41) is 22.8. The predicted molar refractivity (Wildman–Crippen MR) is 69.8 cm³/mol. The molecule has 6 nitrogen and oxygen atoms in total. The Kier molecular flexibility index (Phi) is 5.81. The molecule has 6 heteroatoms. The maximum absolute atomic E-state index is 11.5. The number of rotatable bonds is 6. The van der Waals surface area contributed by atoms with Crippen molar-refractivity contribution >= 4 is 12.0 Å². The van der Waals surface area contributed by atoms with Crippen LogP contribution in [0.4, 0.5) is 4.79 Å². The quantitative estimate of drug-likeness (QED) is 0.597. The summed E-state index contributed by atoms with van der Waals surface area (Å²) in [5.74, 6) is -1.10. The van der Waals surface area contributed by atoms with Crippen molar-refractivity contribution in [2.45, 2.75) is 25.5 Å². The molecule has 19 heavy (non-hydrogen) atoms. The molecule has 1 aromatic carbocycles. The average molecular weight is 266 g/mol. The zero-order valence-electron chi connectivity index (χ0n) is 10.7. The van der Waals surface area contributed by atoms with Crippen LogP contribution in [0.1, 0.15) is 12.5 Å². The van der Waals surface area contributed by atoms with E-state index in [1.54, 1.807) is 12.1 Å². The van der Waals surface area contributed by atoms with Gasteiger partial charge in [0.05, 0.1) is 6.10 Å². The lowest BCUT2D eigenvalue weighted by molar-refractivity contribution is -0.139. The van der Waals surface area contributed by atoms with Crippen molar-refractivity contribution in [1.29, 1.82) is 0 Å². The van der Waals surface area contributed by atoms with E-state index in [1.807, 2.05) is 18.2 Å². The van der Waals surface area contributed by atoms with Crippen molar-refractivity contribution < 1.29 is 19.8 Å². The number of hydrogen-bond acceptors (Lipinski definition) is 3. The number of nitrogens with one attached hydrogen (secondary N) is 2. The molecule has 1 aromatic rings. The Morgan fingerprint density at radius 2 is 1.89 bits per heavy atom. The van der Waals surface area contributed by atoms with Gasteiger partial charge in [-0.25, -0.2) is 9.59 Å². The number of aliphatic hydroxyl groups excluding tert-OH is 1. The van der Waals surface area contributed by atoms with E-state index in [-0.39, 0.29) is 13.0 Å². The van der Waals surface area contributed by atoms with E-state index in [1.165, 1.54) is 6.92 Å². The Morgan fingerprint density at radius 3 is 2.42 bits per heavy atom. The lowest BCUT2D eigenvalue weighted by Gasteiger charge is -2.15. The Hall–Kier alpha value is -2.08. The van der Waals surface area contributed by atoms with Crippen molar-refractivity contribution in [2.24, 2.45) is 0 Å². The molecule has 0 unspecified atom stereocenters. The Labute approximate surface area is 111 Å². The first-order valence-electron chi connectivity index (χ1n) is 5.98. The summed E-state index contributed by atoms with van der Waals surface area (Å²) in [6.45, 7) is 1.60. The topological polar surface area (TPSA) is 98.7 Å². The largest absolute Gasteiger partial charge is 0.480 e. The molecule has 0 radical (unpaired) electrons. The zero-order valence-corrected chi connectivity index (χ0v) is 10.7. The molecule has 0 aliphatic carbocycles. The fourth-order valence-electron chi connectivity index (χ4n) is 1.50. The summed E-state index contributed by atoms with van der Waals surface area (Å²) in [6, 6.07) is 7.43. The highest BCUT2D eigenvalue weighted by molar-refractivity contribution is 5.82. The van der Waals surface area contributed by atoms with Crippen LogP contribution >= 0.6 is 0 Å². The van der Waals surface area contributed by atoms with E-state index in [9.17, 15) is 9.59 Å². The summed E-state index contributed by atoms with van der Waals surface area (Å²) < 4.78 is 0. The molecular formula is C13H18N2O4. The number of hydrogen-bond donors (Lipinski definition) is 4. The molecule has 104 valence electrons. The number of urea groups is 1. The second-order valence-electron chi connectivity index (χ2n) is 4.28. The number of aliphatic carboxylic acids is 1. The number of carboxylic acid groups (broad SMARTS) is 1. The minimum Gasteiger partial charge on any atom is -0.480 e. The second kappa shape index (κ2) is 7.38. The van der Waals surface area contributed by atoms with Gasteiger partial charge < -0.3 is 20.8 Å². The number of carbonyl (C=O) groups excluding carboxylic acids is 1. The summed E-state index contributed by atoms with van der Waals surface area (Å²) in [5.41, 5.74) is 0.825. The summed E-state index contributed by atoms with van der Waals surface area (Å²) in [6.07, 6.45) is -0.471. The minimum absolute atomic E-state index is 0.0729. The van der Waals surface area contributed by atoms with Crippen LogP contribution in [0, 0.1) is 0 Å². The SMILES string of the molecule is C[C@H](O)CNC(=O)N[C@@H](Cc1ccccc1)C(=O)O. The van der Waals surface area contributed by atoms with Gasteiger partial charge in [-0.1, -0.05) is 30.3 Å². The van der Waals surface area contributed by atoms with Gasteiger partial charge in [-0.15, -0.1) is 0 Å². The van der Waals surface area contributed by atoms with Gasteiger partial charge in [-0.3, -0.25) is 0 Å². The van der Waals surface area contributed by atoms with Gasteiger partial charge in [0.1, 0.15) is 6.04 Å². The maximum Gasteiger partial charge on any atom is 0.326 e. The van der Waals surface area contributed by atoms with Crippen LogP contribution < -0.4 is 10.6 Å². The van der Waals surface area contributed by atoms with Crippen molar-refractivity contribution in [1.82, 2.24) is 10.6 Å². The molecule has 0 spiro atoms. The van der Waals surface area contributed by atoms with Crippen LogP contribution in [0.15, 0.2) is 30.3 Å². The number of carbonyl (C=O) groups is 2. The minimum atomic E-state index is -1.10. The molecule has 4 N–H and O–H groups in total. The van der Waals surface area contributed by atoms with Crippen LogP contribution in [-0.2, 0) is 11.2 Å². The van der Waals surface area contributed by atoms with E-state index in [0.29, 0.717) is 0 Å². The van der Waals surface area contributed by atoms with E-state index in [4.69, 9.17) is 10.2 Å². The maximum atomic E-state index is 11.5. The van der Waals surface area contributed by atoms with E-state index in [0.717, 1.165) is 5.56 Å². The molecule has 0 fully saturated rings. The third-order valence-electron chi connectivity index (χ3n) is 2.44. The molecule has 2 atom stereocenters. The monoisotopic (exact) mass is 266 g/mol. The molecule has 0 aliphatic heterocycles. The number of benzene rings is 1. The summed E-state index contributed by atoms with van der Waals surface area (Å²) >= 11 is 0. The van der Waals surface area contributed by atoms with E-state index in [2.05, 4.69) is 10.6 Å². The van der Waals surface area contributed by atoms with E-state index < -0.39 is 24.1 Å². The van der Waals surface area contributed by atoms with Crippen molar-refractivity contribution in [2.75, 3.05) is 6.54 Å². The summed E-state index contributed by atoms with van der Waals surface area (Å²) in [7, 11) is 0. The number of aliphatic hydroxyl groups is 1. The van der Waals surface area contributed by atoms with Crippen LogP contribution in [-0.4, -0.2) is 40.9 Å². The van der Waals surface area contributed by atoms with Gasteiger partial charge in [-0.05, 0) is 12.5 Å². The standard InChI is InChI=1S/C13H18N2O4/c1-9(16)8-14-13(19)15-11(12(17)18)7-10-5-3-2-4-6-10/h2-6,9,11,16H,7-8H2,1H3,(H,17,18)(H2,14,15,19)/t9-,11-/m0/s1. The molecule has 1 rings (SSSR count). The zero-order chi connectivity index (χ0) is 14.3. The first-order valence-corrected chi connectivity index (χ1v) is 5.98.